The summed E-state index contributed by atoms with van der Waals surface area (Å²) in [5, 5.41) is 0.299. The Morgan fingerprint density at radius 3 is 2.92 bits per heavy atom. The van der Waals surface area contributed by atoms with Gasteiger partial charge in [0.2, 0.25) is 0 Å². The van der Waals surface area contributed by atoms with E-state index in [0.717, 1.165) is 24.5 Å². The van der Waals surface area contributed by atoms with E-state index in [9.17, 15) is 13.6 Å². The third-order valence-corrected chi connectivity index (χ3v) is 4.43. The van der Waals surface area contributed by atoms with Gasteiger partial charge in [-0.15, -0.1) is 0 Å². The van der Waals surface area contributed by atoms with E-state index >= 15 is 0 Å². The molecule has 3 aromatic rings. The van der Waals surface area contributed by atoms with Gasteiger partial charge >= 0.3 is 5.69 Å². The summed E-state index contributed by atoms with van der Waals surface area (Å²) in [6.07, 6.45) is 2.98. The topological polar surface area (TPSA) is 61.9 Å². The van der Waals surface area contributed by atoms with Gasteiger partial charge in [0, 0.05) is 18.3 Å². The minimum Gasteiger partial charge on any atom is -0.325 e. The van der Waals surface area contributed by atoms with Crippen LogP contribution in [0.4, 0.5) is 20.3 Å². The summed E-state index contributed by atoms with van der Waals surface area (Å²) in [6.45, 7) is 0.509. The summed E-state index contributed by atoms with van der Waals surface area (Å²) in [4.78, 5) is 23.9. The van der Waals surface area contributed by atoms with E-state index in [2.05, 4.69) is 15.0 Å². The minimum atomic E-state index is -1.04. The van der Waals surface area contributed by atoms with Crippen LogP contribution in [0.5, 0.6) is 0 Å². The van der Waals surface area contributed by atoms with Gasteiger partial charge in [-0.1, -0.05) is 11.6 Å². The van der Waals surface area contributed by atoms with Crippen molar-refractivity contribution in [3.63, 3.8) is 0 Å². The maximum Gasteiger partial charge on any atom is 0.347 e. The third-order valence-electron chi connectivity index (χ3n) is 4.10. The number of nitrogens with one attached hydrogen (secondary N) is 1. The Hall–Kier alpha value is -2.54. The van der Waals surface area contributed by atoms with Crippen LogP contribution in [0.25, 0.3) is 10.9 Å². The second-order valence-corrected chi connectivity index (χ2v) is 5.86. The highest BCUT2D eigenvalue weighted by Crippen LogP contribution is 2.38. The molecule has 4 rings (SSSR count). The minimum absolute atomic E-state index is 0.0598. The summed E-state index contributed by atoms with van der Waals surface area (Å²) in [6, 6.07) is 4.03. The number of fused-ring (bicyclic) bond motifs is 2. The van der Waals surface area contributed by atoms with E-state index in [1.165, 1.54) is 12.3 Å². The van der Waals surface area contributed by atoms with Crippen LogP contribution in [0.3, 0.4) is 0 Å². The second-order valence-electron chi connectivity index (χ2n) is 5.50. The highest BCUT2D eigenvalue weighted by Gasteiger charge is 2.25. The molecule has 0 amide bonds. The van der Waals surface area contributed by atoms with Crippen molar-refractivity contribution in [3.05, 3.63) is 57.2 Å². The van der Waals surface area contributed by atoms with Gasteiger partial charge < -0.3 is 9.88 Å². The Labute approximate surface area is 139 Å². The molecule has 0 atom stereocenters. The zero-order valence-electron chi connectivity index (χ0n) is 12.3. The van der Waals surface area contributed by atoms with Crippen molar-refractivity contribution in [3.8, 4) is 0 Å². The first-order valence-electron chi connectivity index (χ1n) is 7.35. The molecule has 1 aromatic carbocycles. The van der Waals surface area contributed by atoms with Crippen molar-refractivity contribution in [2.75, 3.05) is 11.4 Å². The lowest BCUT2D eigenvalue weighted by Gasteiger charge is -2.31. The van der Waals surface area contributed by atoms with Crippen LogP contribution in [0.1, 0.15) is 12.0 Å². The Morgan fingerprint density at radius 2 is 2.08 bits per heavy atom. The standard InChI is InChI=1S/C16H11ClF2N4O/c17-14-8-2-1-7-23(11(8)5-6-20-14)15-12-10(21-16(24)22-15)4-3-9(18)13(12)19/h3-6H,1-2,7H2,(H,21,22,24). The molecule has 0 fully saturated rings. The van der Waals surface area contributed by atoms with Crippen LogP contribution in [0, 0.1) is 11.6 Å². The molecule has 0 aliphatic carbocycles. The predicted octanol–water partition coefficient (Wildman–Crippen LogP) is 3.33. The number of hydrogen-bond acceptors (Lipinski definition) is 4. The zero-order valence-corrected chi connectivity index (χ0v) is 13.1. The molecule has 8 heteroatoms. The molecule has 0 spiro atoms. The maximum atomic E-state index is 14.4. The Bertz CT molecular complexity index is 1020. The summed E-state index contributed by atoms with van der Waals surface area (Å²) < 4.78 is 28.1. The average Bonchev–Trinajstić information content (AvgIpc) is 2.57. The fourth-order valence-corrected chi connectivity index (χ4v) is 3.31. The molecule has 0 radical (unpaired) electrons. The molecule has 1 aliphatic rings. The van der Waals surface area contributed by atoms with E-state index in [4.69, 9.17) is 11.6 Å². The van der Waals surface area contributed by atoms with E-state index in [0.29, 0.717) is 17.4 Å². The molecular weight excluding hydrogens is 338 g/mol. The summed E-state index contributed by atoms with van der Waals surface area (Å²) in [5.41, 5.74) is 1.06. The Morgan fingerprint density at radius 1 is 1.25 bits per heavy atom. The van der Waals surface area contributed by atoms with Crippen molar-refractivity contribution in [1.29, 1.82) is 0 Å². The number of pyridine rings is 1. The first-order valence-corrected chi connectivity index (χ1v) is 7.73. The first-order chi connectivity index (χ1) is 11.6. The Balaban J connectivity index is 2.04. The molecule has 0 unspecified atom stereocenters. The molecule has 122 valence electrons. The molecule has 24 heavy (non-hydrogen) atoms. The smallest absolute Gasteiger partial charge is 0.325 e. The largest absolute Gasteiger partial charge is 0.347 e. The quantitative estimate of drug-likeness (QED) is 0.685. The van der Waals surface area contributed by atoms with Crippen molar-refractivity contribution in [1.82, 2.24) is 15.0 Å². The number of aromatic amines is 1. The molecule has 3 heterocycles. The van der Waals surface area contributed by atoms with Crippen molar-refractivity contribution in [2.24, 2.45) is 0 Å². The normalized spacial score (nSPS) is 14.0. The molecular formula is C16H11ClF2N4O. The highest BCUT2D eigenvalue weighted by molar-refractivity contribution is 6.30. The van der Waals surface area contributed by atoms with Crippen LogP contribution in [-0.2, 0) is 6.42 Å². The summed E-state index contributed by atoms with van der Waals surface area (Å²) >= 11 is 6.14. The van der Waals surface area contributed by atoms with Crippen LogP contribution < -0.4 is 10.6 Å². The molecule has 2 aromatic heterocycles. The Kier molecular flexibility index (Phi) is 3.45. The number of hydrogen-bond donors (Lipinski definition) is 1. The fraction of sp³-hybridized carbons (Fsp3) is 0.188. The van der Waals surface area contributed by atoms with E-state index in [1.807, 2.05) is 0 Å². The van der Waals surface area contributed by atoms with E-state index < -0.39 is 17.3 Å². The first kappa shape index (κ1) is 15.0. The summed E-state index contributed by atoms with van der Waals surface area (Å²) in [7, 11) is 0. The fourth-order valence-electron chi connectivity index (χ4n) is 3.06. The van der Waals surface area contributed by atoms with Gasteiger partial charge in [0.15, 0.2) is 17.5 Å². The van der Waals surface area contributed by atoms with Crippen molar-refractivity contribution in [2.45, 2.75) is 12.8 Å². The van der Waals surface area contributed by atoms with Crippen LogP contribution in [-0.4, -0.2) is 21.5 Å². The lowest BCUT2D eigenvalue weighted by atomic mass is 10.0. The van der Waals surface area contributed by atoms with Crippen LogP contribution >= 0.6 is 11.6 Å². The van der Waals surface area contributed by atoms with Gasteiger partial charge in [0.05, 0.1) is 16.6 Å². The average molecular weight is 349 g/mol. The highest BCUT2D eigenvalue weighted by atomic mass is 35.5. The molecule has 0 saturated carbocycles. The number of rotatable bonds is 1. The number of benzene rings is 1. The number of halogens is 3. The number of H-pyrrole nitrogens is 1. The van der Waals surface area contributed by atoms with Crippen molar-refractivity contribution < 1.29 is 8.78 Å². The van der Waals surface area contributed by atoms with Crippen LogP contribution in [0.2, 0.25) is 5.15 Å². The lowest BCUT2D eigenvalue weighted by Crippen LogP contribution is -2.28. The van der Waals surface area contributed by atoms with Crippen LogP contribution in [0.15, 0.2) is 29.2 Å². The monoisotopic (exact) mass is 348 g/mol. The van der Waals surface area contributed by atoms with E-state index in [-0.39, 0.29) is 16.7 Å². The third kappa shape index (κ3) is 2.24. The molecule has 0 saturated heterocycles. The van der Waals surface area contributed by atoms with E-state index in [1.54, 1.807) is 11.0 Å². The van der Waals surface area contributed by atoms with Crippen molar-refractivity contribution >= 4 is 34.0 Å². The van der Waals surface area contributed by atoms with Gasteiger partial charge in [0.25, 0.3) is 0 Å². The number of nitrogens with zero attached hydrogens (tertiary/aromatic N) is 3. The molecule has 5 nitrogen and oxygen atoms in total. The van der Waals surface area contributed by atoms with Gasteiger partial charge in [0.1, 0.15) is 5.15 Å². The van der Waals surface area contributed by atoms with Gasteiger partial charge in [-0.25, -0.2) is 18.6 Å². The van der Waals surface area contributed by atoms with Gasteiger partial charge in [-0.3, -0.25) is 0 Å². The molecule has 0 bridgehead atoms. The SMILES string of the molecule is O=c1nc(N2CCCc3c2ccnc3Cl)c2c(F)c(F)ccc2[nH]1. The van der Waals surface area contributed by atoms with Gasteiger partial charge in [-0.05, 0) is 31.0 Å². The van der Waals surface area contributed by atoms with Gasteiger partial charge in [-0.2, -0.15) is 4.98 Å². The number of aromatic nitrogens is 3. The predicted molar refractivity (Wildman–Crippen MR) is 86.9 cm³/mol. The molecule has 1 aliphatic heterocycles. The maximum absolute atomic E-state index is 14.4. The lowest BCUT2D eigenvalue weighted by molar-refractivity contribution is 0.516. The summed E-state index contributed by atoms with van der Waals surface area (Å²) in [5.74, 6) is -1.96. The molecule has 1 N–H and O–H groups in total. The number of anilines is 2. The zero-order chi connectivity index (χ0) is 16.8. The second kappa shape index (κ2) is 5.52.